The molecule has 0 spiro atoms. The molecule has 0 radical (unpaired) electrons. The lowest BCUT2D eigenvalue weighted by atomic mass is 10.2. The molecule has 0 aliphatic heterocycles. The maximum atomic E-state index is 13.4. The molecule has 1 aromatic carbocycles. The molecule has 2 aromatic heterocycles. The van der Waals surface area contributed by atoms with Crippen LogP contribution in [0, 0.1) is 5.82 Å². The lowest BCUT2D eigenvalue weighted by Crippen LogP contribution is -1.97. The number of benzene rings is 1. The zero-order chi connectivity index (χ0) is 13.9. The second-order valence-electron chi connectivity index (χ2n) is 4.26. The third kappa shape index (κ3) is 3.11. The van der Waals surface area contributed by atoms with E-state index in [0.717, 1.165) is 5.69 Å². The van der Waals surface area contributed by atoms with Crippen molar-refractivity contribution in [2.75, 3.05) is 5.32 Å². The summed E-state index contributed by atoms with van der Waals surface area (Å²) < 4.78 is 13.9. The van der Waals surface area contributed by atoms with Crippen LogP contribution in [-0.2, 0) is 6.54 Å². The molecule has 0 saturated carbocycles. The number of anilines is 1. The molecule has 3 rings (SSSR count). The molecule has 20 heavy (non-hydrogen) atoms. The predicted molar refractivity (Wildman–Crippen MR) is 89.1 cm³/mol. The summed E-state index contributed by atoms with van der Waals surface area (Å²) in [4.78, 5) is 2.51. The van der Waals surface area contributed by atoms with E-state index < -0.39 is 0 Å². The molecule has 0 atom stereocenters. The number of halogens is 2. The van der Waals surface area contributed by atoms with Gasteiger partial charge in [-0.15, -0.1) is 22.7 Å². The molecule has 1 N–H and O–H groups in total. The SMILES string of the molecule is Fc1cc(NCc2cc(-c3cccs3)cs2)ccc1Br. The van der Waals surface area contributed by atoms with Gasteiger partial charge in [-0.3, -0.25) is 0 Å². The van der Waals surface area contributed by atoms with Crippen LogP contribution < -0.4 is 5.32 Å². The van der Waals surface area contributed by atoms with Gasteiger partial charge in [0.05, 0.1) is 4.47 Å². The van der Waals surface area contributed by atoms with Gasteiger partial charge < -0.3 is 5.32 Å². The van der Waals surface area contributed by atoms with Gasteiger partial charge in [-0.2, -0.15) is 0 Å². The largest absolute Gasteiger partial charge is 0.380 e. The topological polar surface area (TPSA) is 12.0 Å². The van der Waals surface area contributed by atoms with Gasteiger partial charge in [-0.05, 0) is 57.0 Å². The van der Waals surface area contributed by atoms with Crippen LogP contribution in [0.4, 0.5) is 10.1 Å². The Bertz CT molecular complexity index is 706. The van der Waals surface area contributed by atoms with Crippen LogP contribution in [0.3, 0.4) is 0 Å². The lowest BCUT2D eigenvalue weighted by Gasteiger charge is -2.05. The molecule has 2 heterocycles. The highest BCUT2D eigenvalue weighted by molar-refractivity contribution is 9.10. The fraction of sp³-hybridized carbons (Fsp3) is 0.0667. The summed E-state index contributed by atoms with van der Waals surface area (Å²) in [5.41, 5.74) is 2.04. The maximum Gasteiger partial charge on any atom is 0.139 e. The molecule has 0 aliphatic rings. The molecule has 5 heteroatoms. The fourth-order valence-electron chi connectivity index (χ4n) is 1.84. The van der Waals surface area contributed by atoms with E-state index in [9.17, 15) is 4.39 Å². The first kappa shape index (κ1) is 13.8. The molecule has 102 valence electrons. The van der Waals surface area contributed by atoms with Gasteiger partial charge >= 0.3 is 0 Å². The quantitative estimate of drug-likeness (QED) is 0.596. The minimum Gasteiger partial charge on any atom is -0.380 e. The number of rotatable bonds is 4. The molecule has 0 bridgehead atoms. The second-order valence-corrected chi connectivity index (χ2v) is 7.06. The molecule has 3 aromatic rings. The van der Waals surface area contributed by atoms with Crippen LogP contribution in [0.1, 0.15) is 4.88 Å². The van der Waals surface area contributed by atoms with Gasteiger partial charge in [0.25, 0.3) is 0 Å². The molecule has 1 nitrogen and oxygen atoms in total. The van der Waals surface area contributed by atoms with Crippen LogP contribution in [0.2, 0.25) is 0 Å². The van der Waals surface area contributed by atoms with Crippen LogP contribution in [0.15, 0.2) is 51.6 Å². The van der Waals surface area contributed by atoms with Crippen molar-refractivity contribution in [3.63, 3.8) is 0 Å². The summed E-state index contributed by atoms with van der Waals surface area (Å²) in [6, 6.07) is 11.4. The van der Waals surface area contributed by atoms with Gasteiger partial charge in [-0.25, -0.2) is 4.39 Å². The van der Waals surface area contributed by atoms with Crippen LogP contribution in [-0.4, -0.2) is 0 Å². The fourth-order valence-corrected chi connectivity index (χ4v) is 3.70. The van der Waals surface area contributed by atoms with Crippen LogP contribution in [0.5, 0.6) is 0 Å². The van der Waals surface area contributed by atoms with Crippen molar-refractivity contribution in [2.24, 2.45) is 0 Å². The third-order valence-corrected chi connectivity index (χ3v) is 5.34. The molecule has 0 amide bonds. The van der Waals surface area contributed by atoms with E-state index in [-0.39, 0.29) is 5.82 Å². The van der Waals surface area contributed by atoms with Crippen molar-refractivity contribution in [1.82, 2.24) is 0 Å². The average molecular weight is 368 g/mol. The lowest BCUT2D eigenvalue weighted by molar-refractivity contribution is 0.621. The van der Waals surface area contributed by atoms with E-state index in [1.807, 2.05) is 6.07 Å². The molecular formula is C15H11BrFNS2. The number of thiophene rings is 2. The van der Waals surface area contributed by atoms with Crippen molar-refractivity contribution in [1.29, 1.82) is 0 Å². The van der Waals surface area contributed by atoms with Crippen molar-refractivity contribution >= 4 is 44.3 Å². The van der Waals surface area contributed by atoms with Crippen LogP contribution >= 0.6 is 38.6 Å². The maximum absolute atomic E-state index is 13.4. The molecule has 0 fully saturated rings. The van der Waals surface area contributed by atoms with Gasteiger partial charge in [0.15, 0.2) is 0 Å². The minimum atomic E-state index is -0.250. The second kappa shape index (κ2) is 6.08. The average Bonchev–Trinajstić information content (AvgIpc) is 3.09. The van der Waals surface area contributed by atoms with Gasteiger partial charge in [0.1, 0.15) is 5.82 Å². The van der Waals surface area contributed by atoms with Gasteiger partial charge in [0.2, 0.25) is 0 Å². The Labute approximate surface area is 133 Å². The zero-order valence-corrected chi connectivity index (χ0v) is 13.6. The first-order chi connectivity index (χ1) is 9.72. The molecule has 0 aliphatic carbocycles. The van der Waals surface area contributed by atoms with Crippen LogP contribution in [0.25, 0.3) is 10.4 Å². The van der Waals surface area contributed by atoms with E-state index in [4.69, 9.17) is 0 Å². The van der Waals surface area contributed by atoms with Crippen molar-refractivity contribution < 1.29 is 4.39 Å². The minimum absolute atomic E-state index is 0.250. The van der Waals surface area contributed by atoms with E-state index >= 15 is 0 Å². The van der Waals surface area contributed by atoms with Crippen molar-refractivity contribution in [3.8, 4) is 10.4 Å². The van der Waals surface area contributed by atoms with Gasteiger partial charge in [-0.1, -0.05) is 6.07 Å². The summed E-state index contributed by atoms with van der Waals surface area (Å²) in [5, 5.41) is 7.48. The molecule has 0 saturated heterocycles. The van der Waals surface area contributed by atoms with E-state index in [2.05, 4.69) is 50.2 Å². The normalized spacial score (nSPS) is 10.7. The van der Waals surface area contributed by atoms with E-state index in [1.165, 1.54) is 21.4 Å². The Hall–Kier alpha value is -1.17. The third-order valence-electron chi connectivity index (χ3n) is 2.85. The standard InChI is InChI=1S/C15H11BrFNS2/c16-13-4-3-11(7-14(13)17)18-8-12-6-10(9-20-12)15-2-1-5-19-15/h1-7,9,18H,8H2. The highest BCUT2D eigenvalue weighted by atomic mass is 79.9. The predicted octanol–water partition coefficient (Wildman–Crippen LogP) is 5.99. The summed E-state index contributed by atoms with van der Waals surface area (Å²) in [6.07, 6.45) is 0. The Morgan fingerprint density at radius 2 is 2.05 bits per heavy atom. The van der Waals surface area contributed by atoms with E-state index in [1.54, 1.807) is 28.7 Å². The van der Waals surface area contributed by atoms with Crippen molar-refractivity contribution in [3.05, 3.63) is 62.3 Å². The first-order valence-electron chi connectivity index (χ1n) is 6.02. The Kier molecular flexibility index (Phi) is 4.19. The summed E-state index contributed by atoms with van der Waals surface area (Å²) >= 11 is 6.61. The number of hydrogen-bond acceptors (Lipinski definition) is 3. The summed E-state index contributed by atoms with van der Waals surface area (Å²) in [7, 11) is 0. The summed E-state index contributed by atoms with van der Waals surface area (Å²) in [5.74, 6) is -0.250. The summed E-state index contributed by atoms with van der Waals surface area (Å²) in [6.45, 7) is 0.705. The number of hydrogen-bond donors (Lipinski definition) is 1. The van der Waals surface area contributed by atoms with E-state index in [0.29, 0.717) is 11.0 Å². The highest BCUT2D eigenvalue weighted by Gasteiger charge is 2.04. The Balaban J connectivity index is 1.68. The molecular weight excluding hydrogens is 357 g/mol. The van der Waals surface area contributed by atoms with Gasteiger partial charge in [0, 0.05) is 27.5 Å². The Morgan fingerprint density at radius 1 is 1.15 bits per heavy atom. The highest BCUT2D eigenvalue weighted by Crippen LogP contribution is 2.29. The zero-order valence-electron chi connectivity index (χ0n) is 10.4. The first-order valence-corrected chi connectivity index (χ1v) is 8.58. The smallest absolute Gasteiger partial charge is 0.139 e. The number of nitrogens with one attached hydrogen (secondary N) is 1. The van der Waals surface area contributed by atoms with Crippen molar-refractivity contribution in [2.45, 2.75) is 6.54 Å². The Morgan fingerprint density at radius 3 is 2.80 bits per heavy atom. The monoisotopic (exact) mass is 367 g/mol. The molecule has 0 unspecified atom stereocenters.